The zero-order valence-electron chi connectivity index (χ0n) is 21.1. The van der Waals surface area contributed by atoms with Gasteiger partial charge in [-0.3, -0.25) is 18.7 Å². The Bertz CT molecular complexity index is 1630. The lowest BCUT2D eigenvalue weighted by molar-refractivity contribution is -0.140. The van der Waals surface area contributed by atoms with Crippen molar-refractivity contribution in [3.63, 3.8) is 0 Å². The Kier molecular flexibility index (Phi) is 7.54. The van der Waals surface area contributed by atoms with Crippen molar-refractivity contribution in [1.29, 1.82) is 0 Å². The number of nitrogens with zero attached hydrogens (tertiary/aromatic N) is 3. The van der Waals surface area contributed by atoms with Crippen molar-refractivity contribution in [2.75, 3.05) is 11.4 Å². The van der Waals surface area contributed by atoms with E-state index < -0.39 is 46.1 Å². The van der Waals surface area contributed by atoms with Crippen molar-refractivity contribution in [2.45, 2.75) is 38.6 Å². The van der Waals surface area contributed by atoms with Crippen LogP contribution in [0.4, 0.5) is 5.69 Å². The summed E-state index contributed by atoms with van der Waals surface area (Å²) in [5, 5.41) is 20.3. The minimum atomic E-state index is -4.43. The number of carbonyl (C=O) groups excluding carboxylic acids is 1. The summed E-state index contributed by atoms with van der Waals surface area (Å²) in [4.78, 5) is 52.6. The van der Waals surface area contributed by atoms with Crippen LogP contribution in [0.25, 0.3) is 11.1 Å². The second kappa shape index (κ2) is 10.7. The lowest BCUT2D eigenvalue weighted by Crippen LogP contribution is -2.42. The van der Waals surface area contributed by atoms with Crippen molar-refractivity contribution in [1.82, 2.24) is 14.3 Å². The third kappa shape index (κ3) is 5.39. The van der Waals surface area contributed by atoms with Crippen molar-refractivity contribution in [3.05, 3.63) is 81.5 Å². The highest BCUT2D eigenvalue weighted by Gasteiger charge is 2.30. The second-order valence-electron chi connectivity index (χ2n) is 9.03. The molecule has 1 aliphatic carbocycles. The van der Waals surface area contributed by atoms with Gasteiger partial charge >= 0.3 is 22.1 Å². The van der Waals surface area contributed by atoms with E-state index in [0.717, 1.165) is 9.87 Å². The van der Waals surface area contributed by atoms with Gasteiger partial charge in [-0.1, -0.05) is 24.3 Å². The predicted octanol–water partition coefficient (Wildman–Crippen LogP) is 1.59. The van der Waals surface area contributed by atoms with Gasteiger partial charge in [0.25, 0.3) is 11.5 Å². The van der Waals surface area contributed by atoms with Crippen molar-refractivity contribution in [3.8, 4) is 11.1 Å². The third-order valence-electron chi connectivity index (χ3n) is 6.52. The van der Waals surface area contributed by atoms with E-state index in [1.165, 1.54) is 38.2 Å². The maximum absolute atomic E-state index is 13.6. The lowest BCUT2D eigenvalue weighted by atomic mass is 9.89. The SMILES string of the molecule is Cc1nc2c(c(=O)n1S(=O)(=O)N(C)c1ccc(C(=O)N[C@@H](CCC(=O)O)C(=O)O)cc1)-c1ccccc1CC2. The van der Waals surface area contributed by atoms with Gasteiger partial charge in [0, 0.05) is 19.0 Å². The van der Waals surface area contributed by atoms with Crippen LogP contribution in [-0.2, 0) is 32.6 Å². The average Bonchev–Trinajstić information content (AvgIpc) is 2.89. The predicted molar refractivity (Wildman–Crippen MR) is 141 cm³/mol. The molecule has 13 heteroatoms. The third-order valence-corrected chi connectivity index (χ3v) is 8.31. The number of carboxylic acids is 2. The molecule has 0 fully saturated rings. The van der Waals surface area contributed by atoms with E-state index >= 15 is 0 Å². The number of rotatable bonds is 9. The zero-order valence-corrected chi connectivity index (χ0v) is 21.9. The topological polar surface area (TPSA) is 176 Å². The molecule has 39 heavy (non-hydrogen) atoms. The van der Waals surface area contributed by atoms with Crippen LogP contribution in [0.3, 0.4) is 0 Å². The molecule has 4 rings (SSSR count). The molecule has 204 valence electrons. The molecule has 1 aromatic heterocycles. The normalized spacial score (nSPS) is 13.1. The number of hydrogen-bond donors (Lipinski definition) is 3. The van der Waals surface area contributed by atoms with Crippen molar-refractivity contribution in [2.24, 2.45) is 0 Å². The van der Waals surface area contributed by atoms with Crippen LogP contribution in [0.1, 0.15) is 40.3 Å². The molecule has 0 radical (unpaired) electrons. The molecule has 12 nitrogen and oxygen atoms in total. The number of anilines is 1. The van der Waals surface area contributed by atoms with Crippen LogP contribution in [-0.4, -0.2) is 58.5 Å². The van der Waals surface area contributed by atoms with Crippen molar-refractivity contribution < 1.29 is 33.0 Å². The summed E-state index contributed by atoms with van der Waals surface area (Å²) in [6, 6.07) is 11.2. The van der Waals surface area contributed by atoms with E-state index in [1.807, 2.05) is 12.1 Å². The highest BCUT2D eigenvalue weighted by Crippen LogP contribution is 2.30. The number of aliphatic carboxylic acids is 2. The zero-order chi connectivity index (χ0) is 28.5. The van der Waals surface area contributed by atoms with Crippen LogP contribution >= 0.6 is 0 Å². The summed E-state index contributed by atoms with van der Waals surface area (Å²) in [5.41, 5.74) is 1.86. The van der Waals surface area contributed by atoms with Crippen LogP contribution < -0.4 is 15.2 Å². The lowest BCUT2D eigenvalue weighted by Gasteiger charge is -2.24. The number of nitrogens with one attached hydrogen (secondary N) is 1. The number of benzene rings is 2. The Morgan fingerprint density at radius 2 is 1.74 bits per heavy atom. The Balaban J connectivity index is 1.62. The summed E-state index contributed by atoms with van der Waals surface area (Å²) < 4.78 is 28.7. The Labute approximate surface area is 223 Å². The maximum atomic E-state index is 13.6. The van der Waals surface area contributed by atoms with E-state index in [4.69, 9.17) is 5.11 Å². The number of carboxylic acid groups (broad SMARTS) is 2. The van der Waals surface area contributed by atoms with E-state index in [2.05, 4.69) is 10.3 Å². The molecular weight excluding hydrogens is 528 g/mol. The number of aryl methyl sites for hydroxylation is 3. The Hall–Kier alpha value is -4.52. The molecule has 3 N–H and O–H groups in total. The van der Waals surface area contributed by atoms with Gasteiger partial charge in [-0.05, 0) is 61.6 Å². The summed E-state index contributed by atoms with van der Waals surface area (Å²) in [7, 11) is -3.17. The van der Waals surface area contributed by atoms with Gasteiger partial charge in [0.05, 0.1) is 16.9 Å². The summed E-state index contributed by atoms with van der Waals surface area (Å²) >= 11 is 0. The largest absolute Gasteiger partial charge is 0.481 e. The smallest absolute Gasteiger partial charge is 0.334 e. The van der Waals surface area contributed by atoms with Crippen molar-refractivity contribution >= 4 is 33.7 Å². The Morgan fingerprint density at radius 3 is 2.38 bits per heavy atom. The molecule has 0 spiro atoms. The molecule has 1 heterocycles. The minimum absolute atomic E-state index is 0.0158. The molecule has 2 aromatic carbocycles. The Morgan fingerprint density at radius 1 is 1.08 bits per heavy atom. The first-order valence-corrected chi connectivity index (χ1v) is 13.4. The van der Waals surface area contributed by atoms with E-state index in [9.17, 15) is 32.7 Å². The van der Waals surface area contributed by atoms with Crippen LogP contribution in [0.15, 0.2) is 53.3 Å². The fourth-order valence-corrected chi connectivity index (χ4v) is 5.78. The number of hydrogen-bond acceptors (Lipinski definition) is 7. The minimum Gasteiger partial charge on any atom is -0.481 e. The van der Waals surface area contributed by atoms with Crippen LogP contribution in [0, 0.1) is 6.92 Å². The number of fused-ring (bicyclic) bond motifs is 3. The van der Waals surface area contributed by atoms with Gasteiger partial charge in [-0.2, -0.15) is 12.4 Å². The monoisotopic (exact) mass is 554 g/mol. The molecule has 1 amide bonds. The maximum Gasteiger partial charge on any atom is 0.334 e. The first kappa shape index (κ1) is 27.5. The van der Waals surface area contributed by atoms with Gasteiger partial charge in [-0.25, -0.2) is 9.78 Å². The van der Waals surface area contributed by atoms with Gasteiger partial charge in [0.15, 0.2) is 0 Å². The first-order valence-electron chi connectivity index (χ1n) is 12.0. The quantitative estimate of drug-likeness (QED) is 0.355. The molecule has 3 aromatic rings. The molecule has 0 saturated heterocycles. The number of amides is 1. The molecule has 0 aliphatic heterocycles. The number of carbonyl (C=O) groups is 3. The molecular formula is C26H26N4O8S. The molecule has 0 saturated carbocycles. The molecule has 1 atom stereocenters. The number of aromatic nitrogens is 2. The van der Waals surface area contributed by atoms with E-state index in [1.54, 1.807) is 12.1 Å². The van der Waals surface area contributed by atoms with E-state index in [-0.39, 0.29) is 29.1 Å². The highest BCUT2D eigenvalue weighted by molar-refractivity contribution is 7.91. The second-order valence-corrected chi connectivity index (χ2v) is 10.8. The van der Waals surface area contributed by atoms with Gasteiger partial charge in [-0.15, -0.1) is 0 Å². The summed E-state index contributed by atoms with van der Waals surface area (Å²) in [6.45, 7) is 1.45. The average molecular weight is 555 g/mol. The standard InChI is InChI=1S/C26H26N4O8S/c1-15-27-20-12-9-16-5-3-4-6-19(16)23(20)25(34)30(15)39(37,38)29(2)18-10-7-17(8-11-18)24(33)28-21(26(35)36)13-14-22(31)32/h3-8,10-11,21H,9,12-14H2,1-2H3,(H,28,33)(H,31,32)(H,35,36)/t21-/m0/s1. The summed E-state index contributed by atoms with van der Waals surface area (Å²) in [6.07, 6.45) is 0.462. The van der Waals surface area contributed by atoms with Gasteiger partial charge < -0.3 is 15.5 Å². The van der Waals surface area contributed by atoms with Gasteiger partial charge in [0.1, 0.15) is 11.9 Å². The van der Waals surface area contributed by atoms with E-state index in [0.29, 0.717) is 28.1 Å². The highest BCUT2D eigenvalue weighted by atomic mass is 32.2. The summed E-state index contributed by atoms with van der Waals surface area (Å²) in [5.74, 6) is -3.33. The van der Waals surface area contributed by atoms with Crippen LogP contribution in [0.2, 0.25) is 0 Å². The fraction of sp³-hybridized carbons (Fsp3) is 0.269. The molecule has 0 bridgehead atoms. The fourth-order valence-electron chi connectivity index (χ4n) is 4.47. The van der Waals surface area contributed by atoms with Crippen LogP contribution in [0.5, 0.6) is 0 Å². The molecule has 1 aliphatic rings. The first-order chi connectivity index (χ1) is 18.4. The molecule has 0 unspecified atom stereocenters. The van der Waals surface area contributed by atoms with Gasteiger partial charge in [0.2, 0.25) is 0 Å².